The summed E-state index contributed by atoms with van der Waals surface area (Å²) < 4.78 is 21.0. The lowest BCUT2D eigenvalue weighted by atomic mass is 10.0. The molecule has 0 atom stereocenters. The van der Waals surface area contributed by atoms with Crippen LogP contribution in [0.3, 0.4) is 0 Å². The van der Waals surface area contributed by atoms with E-state index in [1.807, 2.05) is 17.8 Å². The number of methoxy groups -OCH3 is 3. The average molecular weight is 441 g/mol. The van der Waals surface area contributed by atoms with E-state index in [2.05, 4.69) is 71.0 Å². The summed E-state index contributed by atoms with van der Waals surface area (Å²) >= 11 is 1.90. The van der Waals surface area contributed by atoms with Gasteiger partial charge in [0.05, 0.1) is 27.8 Å². The van der Waals surface area contributed by atoms with Gasteiger partial charge in [-0.1, -0.05) is 23.9 Å². The van der Waals surface area contributed by atoms with Crippen molar-refractivity contribution in [2.45, 2.75) is 30.8 Å². The number of allylic oxidation sites excluding steroid dienone is 3. The lowest BCUT2D eigenvalue weighted by Gasteiger charge is -2.20. The quantitative estimate of drug-likeness (QED) is 0.319. The summed E-state index contributed by atoms with van der Waals surface area (Å²) in [5.41, 5.74) is 2.45. The highest BCUT2D eigenvalue weighted by atomic mass is 32.2. The van der Waals surface area contributed by atoms with Gasteiger partial charge in [0, 0.05) is 42.9 Å². The van der Waals surface area contributed by atoms with Crippen molar-refractivity contribution in [3.63, 3.8) is 0 Å². The van der Waals surface area contributed by atoms with Crippen molar-refractivity contribution in [1.82, 2.24) is 0 Å². The number of hydrogen-bond acceptors (Lipinski definition) is 4. The molecule has 0 aliphatic heterocycles. The fourth-order valence-electron chi connectivity index (χ4n) is 3.57. The lowest BCUT2D eigenvalue weighted by Crippen LogP contribution is -2.38. The Morgan fingerprint density at radius 1 is 1.00 bits per heavy atom. The molecule has 0 radical (unpaired) electrons. The Hall–Kier alpha value is -2.73. The lowest BCUT2D eigenvalue weighted by molar-refractivity contribution is -0.709. The molecule has 5 nitrogen and oxygen atoms in total. The van der Waals surface area contributed by atoms with Crippen molar-refractivity contribution >= 4 is 11.8 Å². The van der Waals surface area contributed by atoms with Gasteiger partial charge in [-0.2, -0.15) is 4.57 Å². The molecule has 2 heterocycles. The minimum atomic E-state index is 0.668. The van der Waals surface area contributed by atoms with E-state index in [4.69, 9.17) is 14.2 Å². The topological polar surface area (TPSA) is 35.5 Å². The van der Waals surface area contributed by atoms with E-state index < -0.39 is 0 Å². The molecular weight excluding hydrogens is 408 g/mol. The number of aromatic nitrogens is 2. The van der Waals surface area contributed by atoms with Gasteiger partial charge in [-0.15, -0.1) is 0 Å². The zero-order valence-electron chi connectivity index (χ0n) is 18.8. The van der Waals surface area contributed by atoms with E-state index in [0.717, 1.165) is 36.5 Å². The molecule has 3 rings (SSSR count). The second-order valence-electron chi connectivity index (χ2n) is 7.27. The Labute approximate surface area is 189 Å². The highest BCUT2D eigenvalue weighted by Gasteiger charge is 2.21. The van der Waals surface area contributed by atoms with E-state index in [9.17, 15) is 0 Å². The molecule has 0 fully saturated rings. The third-order valence-corrected chi connectivity index (χ3v) is 6.45. The number of nitrogens with zero attached hydrogens (tertiary/aromatic N) is 2. The first-order valence-electron chi connectivity index (χ1n) is 10.5. The predicted octanol–water partition coefficient (Wildman–Crippen LogP) is 3.89. The molecule has 6 heteroatoms. The average Bonchev–Trinajstić information content (AvgIpc) is 2.81. The summed E-state index contributed by atoms with van der Waals surface area (Å²) in [6, 6.07) is 12.7. The van der Waals surface area contributed by atoms with Crippen molar-refractivity contribution < 1.29 is 23.3 Å². The smallest absolute Gasteiger partial charge is 0.239 e. The van der Waals surface area contributed by atoms with Gasteiger partial charge in [-0.05, 0) is 17.7 Å². The molecule has 2 aromatic rings. The van der Waals surface area contributed by atoms with Crippen LogP contribution in [0.5, 0.6) is 0 Å². The maximum Gasteiger partial charge on any atom is 0.239 e. The minimum Gasteiger partial charge on any atom is -0.497 e. The molecule has 0 unspecified atom stereocenters. The molecule has 0 amide bonds. The first-order valence-corrected chi connectivity index (χ1v) is 11.5. The minimum absolute atomic E-state index is 0.668. The molecular formula is C25H32N2O3S+2. The fraction of sp³-hybridized carbons (Fsp3) is 0.360. The van der Waals surface area contributed by atoms with E-state index in [0.29, 0.717) is 17.9 Å². The maximum absolute atomic E-state index is 5.53. The van der Waals surface area contributed by atoms with Gasteiger partial charge in [0.15, 0.2) is 29.6 Å². The van der Waals surface area contributed by atoms with Crippen LogP contribution in [0.2, 0.25) is 0 Å². The molecule has 0 bridgehead atoms. The number of rotatable bonds is 10. The van der Waals surface area contributed by atoms with Crippen molar-refractivity contribution in [2.75, 3.05) is 27.1 Å². The largest absolute Gasteiger partial charge is 0.497 e. The Bertz CT molecular complexity index is 982. The molecule has 0 saturated carbocycles. The Kier molecular flexibility index (Phi) is 8.59. The van der Waals surface area contributed by atoms with E-state index in [1.54, 1.807) is 21.3 Å². The van der Waals surface area contributed by atoms with Gasteiger partial charge in [0.2, 0.25) is 5.03 Å². The Morgan fingerprint density at radius 2 is 1.81 bits per heavy atom. The van der Waals surface area contributed by atoms with E-state index in [-0.39, 0.29) is 0 Å². The Morgan fingerprint density at radius 3 is 2.55 bits per heavy atom. The molecule has 0 N–H and O–H groups in total. The standard InChI is InChI=1S/C25H32N2O3S/c1-26-14-7-6-11-24(26)31-17-9-16-27-15-8-5-10-21(27)13-12-20-18-22(28-2)25(30-4)23(19-20)29-3/h5-8,10-12,14-15,18H,9,13,16-17,19H2,1-4H3/q+2. The first kappa shape index (κ1) is 22.9. The van der Waals surface area contributed by atoms with Crippen LogP contribution in [0.1, 0.15) is 18.5 Å². The zero-order chi connectivity index (χ0) is 22.1. The van der Waals surface area contributed by atoms with Gasteiger partial charge in [-0.25, -0.2) is 4.57 Å². The molecule has 164 valence electrons. The summed E-state index contributed by atoms with van der Waals surface area (Å²) in [5, 5.41) is 1.29. The predicted molar refractivity (Wildman–Crippen MR) is 122 cm³/mol. The van der Waals surface area contributed by atoms with Crippen LogP contribution < -0.4 is 9.13 Å². The van der Waals surface area contributed by atoms with Crippen LogP contribution >= 0.6 is 11.8 Å². The van der Waals surface area contributed by atoms with Crippen LogP contribution in [0.15, 0.2) is 88.8 Å². The first-order chi connectivity index (χ1) is 15.2. The Balaban J connectivity index is 1.62. The van der Waals surface area contributed by atoms with E-state index in [1.165, 1.54) is 10.7 Å². The molecule has 2 aromatic heterocycles. The molecule has 1 aliphatic rings. The SMILES string of the molecule is COC1=CC(=CCc2cccc[n+]2CCCSc2cccc[n+]2C)CC(OC)=C1OC. The number of aryl methyl sites for hydroxylation is 2. The molecule has 31 heavy (non-hydrogen) atoms. The monoisotopic (exact) mass is 440 g/mol. The number of hydrogen-bond donors (Lipinski definition) is 0. The van der Waals surface area contributed by atoms with Crippen LogP contribution in [0, 0.1) is 0 Å². The summed E-state index contributed by atoms with van der Waals surface area (Å²) in [6.07, 6.45) is 11.2. The number of ether oxygens (including phenoxy) is 3. The van der Waals surface area contributed by atoms with Crippen LogP contribution in [-0.4, -0.2) is 27.1 Å². The summed E-state index contributed by atoms with van der Waals surface area (Å²) in [5.74, 6) is 3.24. The summed E-state index contributed by atoms with van der Waals surface area (Å²) in [6.45, 7) is 0.999. The van der Waals surface area contributed by atoms with Crippen molar-refractivity contribution in [1.29, 1.82) is 0 Å². The van der Waals surface area contributed by atoms with Gasteiger partial charge in [-0.3, -0.25) is 0 Å². The van der Waals surface area contributed by atoms with Gasteiger partial charge < -0.3 is 14.2 Å². The zero-order valence-corrected chi connectivity index (χ0v) is 19.7. The summed E-state index contributed by atoms with van der Waals surface area (Å²) in [4.78, 5) is 0. The fourth-order valence-corrected chi connectivity index (χ4v) is 4.49. The van der Waals surface area contributed by atoms with Crippen molar-refractivity contribution in [2.24, 2.45) is 7.05 Å². The third kappa shape index (κ3) is 6.14. The second kappa shape index (κ2) is 11.6. The number of thioether (sulfide) groups is 1. The van der Waals surface area contributed by atoms with Crippen LogP contribution in [0.4, 0.5) is 0 Å². The molecule has 0 spiro atoms. The second-order valence-corrected chi connectivity index (χ2v) is 8.39. The molecule has 0 aromatic carbocycles. The van der Waals surface area contributed by atoms with Gasteiger partial charge >= 0.3 is 0 Å². The highest BCUT2D eigenvalue weighted by molar-refractivity contribution is 7.99. The van der Waals surface area contributed by atoms with Gasteiger partial charge in [0.25, 0.3) is 0 Å². The van der Waals surface area contributed by atoms with Crippen LogP contribution in [0.25, 0.3) is 0 Å². The highest BCUT2D eigenvalue weighted by Crippen LogP contribution is 2.30. The molecule has 1 aliphatic carbocycles. The third-order valence-electron chi connectivity index (χ3n) is 5.24. The molecule has 0 saturated heterocycles. The van der Waals surface area contributed by atoms with Gasteiger partial charge in [0.1, 0.15) is 19.4 Å². The maximum atomic E-state index is 5.53. The van der Waals surface area contributed by atoms with Crippen molar-refractivity contribution in [3.8, 4) is 0 Å². The van der Waals surface area contributed by atoms with Crippen molar-refractivity contribution in [3.05, 3.63) is 89.5 Å². The normalized spacial score (nSPS) is 15.1. The van der Waals surface area contributed by atoms with E-state index >= 15 is 0 Å². The number of pyridine rings is 2. The summed E-state index contributed by atoms with van der Waals surface area (Å²) in [7, 11) is 7.05. The van der Waals surface area contributed by atoms with Crippen LogP contribution in [-0.2, 0) is 34.2 Å².